The number of hydrogen-bond acceptors (Lipinski definition) is 2. The van der Waals surface area contributed by atoms with Crippen molar-refractivity contribution < 1.29 is 9.53 Å². The van der Waals surface area contributed by atoms with Crippen molar-refractivity contribution in [1.29, 1.82) is 0 Å². The Labute approximate surface area is 92.8 Å². The molecule has 16 heavy (non-hydrogen) atoms. The largest absolute Gasteiger partial charge is 0.485 e. The molecule has 0 spiro atoms. The maximum Gasteiger partial charge on any atom is 0.200 e. The number of hydrogen-bond donors (Lipinski definition) is 0. The van der Waals surface area contributed by atoms with E-state index in [1.165, 1.54) is 16.5 Å². The third-order valence-corrected chi connectivity index (χ3v) is 3.62. The molecule has 1 heterocycles. The smallest absolute Gasteiger partial charge is 0.200 e. The molecule has 0 unspecified atom stereocenters. The van der Waals surface area contributed by atoms with Crippen molar-refractivity contribution in [2.24, 2.45) is 0 Å². The van der Waals surface area contributed by atoms with Gasteiger partial charge >= 0.3 is 0 Å². The van der Waals surface area contributed by atoms with Gasteiger partial charge in [0.1, 0.15) is 5.75 Å². The molecule has 2 nitrogen and oxygen atoms in total. The number of carbonyl (C=O) groups is 1. The van der Waals surface area contributed by atoms with E-state index >= 15 is 0 Å². The summed E-state index contributed by atoms with van der Waals surface area (Å²) in [4.78, 5) is 11.8. The highest BCUT2D eigenvalue weighted by Crippen LogP contribution is 2.40. The lowest BCUT2D eigenvalue weighted by Gasteiger charge is -2.18. The van der Waals surface area contributed by atoms with Crippen molar-refractivity contribution in [2.75, 3.05) is 6.61 Å². The molecule has 0 radical (unpaired) electrons. The Bertz CT molecular complexity index is 630. The summed E-state index contributed by atoms with van der Waals surface area (Å²) in [5.41, 5.74) is 3.55. The molecule has 2 aromatic carbocycles. The minimum atomic E-state index is 0.100. The number of ether oxygens (including phenoxy) is 1. The number of aryl methyl sites for hydroxylation is 2. The Morgan fingerprint density at radius 1 is 0.938 bits per heavy atom. The highest BCUT2D eigenvalue weighted by molar-refractivity contribution is 6.14. The fourth-order valence-corrected chi connectivity index (χ4v) is 2.87. The molecule has 0 saturated heterocycles. The van der Waals surface area contributed by atoms with E-state index in [9.17, 15) is 4.79 Å². The van der Waals surface area contributed by atoms with Gasteiger partial charge in [-0.25, -0.2) is 0 Å². The van der Waals surface area contributed by atoms with Crippen LogP contribution < -0.4 is 4.74 Å². The summed E-state index contributed by atoms with van der Waals surface area (Å²) in [5.74, 6) is 0.972. The third kappa shape index (κ3) is 0.854. The van der Waals surface area contributed by atoms with E-state index in [-0.39, 0.29) is 12.4 Å². The van der Waals surface area contributed by atoms with Crippen molar-refractivity contribution in [3.05, 3.63) is 41.0 Å². The van der Waals surface area contributed by atoms with Gasteiger partial charge in [-0.1, -0.05) is 18.2 Å². The first kappa shape index (κ1) is 8.34. The van der Waals surface area contributed by atoms with Gasteiger partial charge in [-0.2, -0.15) is 0 Å². The average molecular weight is 210 g/mol. The number of carbonyl (C=O) groups excluding carboxylic acids is 1. The van der Waals surface area contributed by atoms with Crippen molar-refractivity contribution in [1.82, 2.24) is 0 Å². The van der Waals surface area contributed by atoms with E-state index in [1.807, 2.05) is 12.1 Å². The molecule has 0 N–H and O–H groups in total. The van der Waals surface area contributed by atoms with Gasteiger partial charge in [0.05, 0.1) is 0 Å². The lowest BCUT2D eigenvalue weighted by Crippen LogP contribution is -2.17. The Morgan fingerprint density at radius 3 is 2.50 bits per heavy atom. The third-order valence-electron chi connectivity index (χ3n) is 3.62. The maximum atomic E-state index is 11.8. The molecular weight excluding hydrogens is 200 g/mol. The van der Waals surface area contributed by atoms with Gasteiger partial charge in [0.2, 0.25) is 5.78 Å². The predicted molar refractivity (Wildman–Crippen MR) is 61.2 cm³/mol. The number of ketones is 1. The standard InChI is InChI=1S/C14H10O2/c15-11-7-16-12-6-4-9-2-1-8-3-5-10(11)14(12)13(8)9/h3-6H,1-2,7H2. The summed E-state index contributed by atoms with van der Waals surface area (Å²) in [6.45, 7) is 0.181. The molecule has 2 aromatic rings. The molecule has 1 aliphatic heterocycles. The Balaban J connectivity index is 2.27. The topological polar surface area (TPSA) is 26.3 Å². The van der Waals surface area contributed by atoms with E-state index < -0.39 is 0 Å². The van der Waals surface area contributed by atoms with Crippen LogP contribution in [0, 0.1) is 0 Å². The van der Waals surface area contributed by atoms with Crippen molar-refractivity contribution in [3.8, 4) is 5.75 Å². The van der Waals surface area contributed by atoms with Crippen LogP contribution in [0.25, 0.3) is 10.8 Å². The zero-order valence-electron chi connectivity index (χ0n) is 8.75. The van der Waals surface area contributed by atoms with Crippen molar-refractivity contribution in [2.45, 2.75) is 12.8 Å². The van der Waals surface area contributed by atoms with Crippen LogP contribution in [0.4, 0.5) is 0 Å². The minimum Gasteiger partial charge on any atom is -0.485 e. The van der Waals surface area contributed by atoms with E-state index in [4.69, 9.17) is 4.74 Å². The lowest BCUT2D eigenvalue weighted by molar-refractivity contribution is 0.0915. The molecule has 0 fully saturated rings. The first-order valence-corrected chi connectivity index (χ1v) is 5.58. The van der Waals surface area contributed by atoms with Crippen molar-refractivity contribution >= 4 is 16.6 Å². The summed E-state index contributed by atoms with van der Waals surface area (Å²) >= 11 is 0. The fraction of sp³-hybridized carbons (Fsp3) is 0.214. The van der Waals surface area contributed by atoms with Gasteiger partial charge in [0, 0.05) is 10.9 Å². The normalized spacial score (nSPS) is 16.6. The van der Waals surface area contributed by atoms with E-state index in [0.29, 0.717) is 0 Å². The average Bonchev–Trinajstić information content (AvgIpc) is 2.73. The van der Waals surface area contributed by atoms with Gasteiger partial charge < -0.3 is 4.74 Å². The molecule has 0 saturated carbocycles. The van der Waals surface area contributed by atoms with E-state index in [0.717, 1.165) is 29.5 Å². The Kier molecular flexibility index (Phi) is 1.38. The van der Waals surface area contributed by atoms with Gasteiger partial charge in [0.15, 0.2) is 6.61 Å². The first-order valence-electron chi connectivity index (χ1n) is 5.58. The van der Waals surface area contributed by atoms with Crippen LogP contribution >= 0.6 is 0 Å². The number of benzene rings is 2. The number of rotatable bonds is 0. The first-order chi connectivity index (χ1) is 7.84. The molecular formula is C14H10O2. The van der Waals surface area contributed by atoms with Crippen LogP contribution in [0.1, 0.15) is 21.5 Å². The molecule has 0 amide bonds. The van der Waals surface area contributed by atoms with Gasteiger partial charge in [-0.05, 0) is 35.4 Å². The van der Waals surface area contributed by atoms with Crippen LogP contribution in [0.15, 0.2) is 24.3 Å². The van der Waals surface area contributed by atoms with E-state index in [2.05, 4.69) is 12.1 Å². The zero-order chi connectivity index (χ0) is 10.7. The van der Waals surface area contributed by atoms with Gasteiger partial charge in [-0.3, -0.25) is 4.79 Å². The molecule has 4 rings (SSSR count). The van der Waals surface area contributed by atoms with Crippen molar-refractivity contribution in [3.63, 3.8) is 0 Å². The fourth-order valence-electron chi connectivity index (χ4n) is 2.87. The number of Topliss-reactive ketones (excluding diaryl/α,β-unsaturated/α-hetero) is 1. The quantitative estimate of drug-likeness (QED) is 0.667. The molecule has 1 aliphatic carbocycles. The van der Waals surface area contributed by atoms with Crippen LogP contribution in [-0.2, 0) is 12.8 Å². The van der Waals surface area contributed by atoms with Crippen LogP contribution in [0.2, 0.25) is 0 Å². The van der Waals surface area contributed by atoms with Gasteiger partial charge in [-0.15, -0.1) is 0 Å². The Morgan fingerprint density at radius 2 is 1.69 bits per heavy atom. The second-order valence-corrected chi connectivity index (χ2v) is 4.46. The summed E-state index contributed by atoms with van der Waals surface area (Å²) in [6, 6.07) is 8.19. The predicted octanol–water partition coefficient (Wildman–Crippen LogP) is 2.51. The lowest BCUT2D eigenvalue weighted by atomic mass is 9.95. The molecule has 78 valence electrons. The summed E-state index contributed by atoms with van der Waals surface area (Å²) in [6.07, 6.45) is 2.17. The molecule has 0 atom stereocenters. The monoisotopic (exact) mass is 210 g/mol. The molecule has 0 bridgehead atoms. The van der Waals surface area contributed by atoms with Crippen LogP contribution in [0.3, 0.4) is 0 Å². The SMILES string of the molecule is O=C1COc2ccc3c4c(ccc1c24)CC3. The minimum absolute atomic E-state index is 0.100. The highest BCUT2D eigenvalue weighted by atomic mass is 16.5. The summed E-state index contributed by atoms with van der Waals surface area (Å²) in [5, 5.41) is 2.31. The second kappa shape index (κ2) is 2.64. The maximum absolute atomic E-state index is 11.8. The second-order valence-electron chi connectivity index (χ2n) is 4.46. The molecule has 2 aliphatic rings. The molecule has 2 heteroatoms. The zero-order valence-corrected chi connectivity index (χ0v) is 8.75. The van der Waals surface area contributed by atoms with Gasteiger partial charge in [0.25, 0.3) is 0 Å². The molecule has 0 aromatic heterocycles. The van der Waals surface area contributed by atoms with E-state index in [1.54, 1.807) is 0 Å². The van der Waals surface area contributed by atoms with Crippen LogP contribution in [0.5, 0.6) is 5.75 Å². The summed E-state index contributed by atoms with van der Waals surface area (Å²) in [7, 11) is 0. The summed E-state index contributed by atoms with van der Waals surface area (Å²) < 4.78 is 5.50. The Hall–Kier alpha value is -1.83. The van der Waals surface area contributed by atoms with Crippen LogP contribution in [-0.4, -0.2) is 12.4 Å². The highest BCUT2D eigenvalue weighted by Gasteiger charge is 2.25.